The maximum atomic E-state index is 13.0. The SMILES string of the molecule is C/C=C/Sc1ccccc1C(=NC)c1ccc(F)cc1.C=CCC(=O)NC1CCCCNC1=O. The Morgan fingerprint density at radius 1 is 1.24 bits per heavy atom. The lowest BCUT2D eigenvalue weighted by atomic mass is 10.0. The summed E-state index contributed by atoms with van der Waals surface area (Å²) in [4.78, 5) is 28.1. The normalized spacial score (nSPS) is 16.1. The van der Waals surface area contributed by atoms with Crippen LogP contribution in [0.1, 0.15) is 43.7 Å². The molecule has 5 nitrogen and oxygen atoms in total. The van der Waals surface area contributed by atoms with E-state index in [1.165, 1.54) is 18.2 Å². The van der Waals surface area contributed by atoms with Crippen molar-refractivity contribution in [1.29, 1.82) is 0 Å². The van der Waals surface area contributed by atoms with Crippen molar-refractivity contribution in [2.24, 2.45) is 4.99 Å². The van der Waals surface area contributed by atoms with Gasteiger partial charge in [0, 0.05) is 36.0 Å². The van der Waals surface area contributed by atoms with Gasteiger partial charge in [0.1, 0.15) is 11.9 Å². The molecule has 0 bridgehead atoms. The zero-order valence-electron chi connectivity index (χ0n) is 19.7. The molecule has 2 aromatic carbocycles. The predicted molar refractivity (Wildman–Crippen MR) is 139 cm³/mol. The Morgan fingerprint density at radius 3 is 2.65 bits per heavy atom. The van der Waals surface area contributed by atoms with Gasteiger partial charge < -0.3 is 10.6 Å². The third-order valence-electron chi connectivity index (χ3n) is 5.01. The second kappa shape index (κ2) is 14.9. The number of thioether (sulfide) groups is 1. The zero-order chi connectivity index (χ0) is 24.8. The second-order valence-electron chi connectivity index (χ2n) is 7.56. The molecule has 1 saturated heterocycles. The fraction of sp³-hybridized carbons (Fsp3) is 0.296. The highest BCUT2D eigenvalue weighted by atomic mass is 32.2. The highest BCUT2D eigenvalue weighted by Crippen LogP contribution is 2.26. The Balaban J connectivity index is 0.000000257. The number of benzene rings is 2. The maximum absolute atomic E-state index is 13.0. The lowest BCUT2D eigenvalue weighted by Gasteiger charge is -2.14. The van der Waals surface area contributed by atoms with E-state index in [0.29, 0.717) is 6.54 Å². The number of nitrogens with one attached hydrogen (secondary N) is 2. The first-order chi connectivity index (χ1) is 16.5. The van der Waals surface area contributed by atoms with Crippen LogP contribution in [0.5, 0.6) is 0 Å². The first kappa shape index (κ1) is 27.1. The molecule has 3 rings (SSSR count). The van der Waals surface area contributed by atoms with Crippen LogP contribution in [0.2, 0.25) is 0 Å². The highest BCUT2D eigenvalue weighted by Gasteiger charge is 2.21. The van der Waals surface area contributed by atoms with E-state index in [4.69, 9.17) is 0 Å². The van der Waals surface area contributed by atoms with Crippen molar-refractivity contribution in [3.05, 3.63) is 89.6 Å². The molecule has 2 aromatic rings. The topological polar surface area (TPSA) is 70.6 Å². The van der Waals surface area contributed by atoms with Gasteiger partial charge in [-0.1, -0.05) is 42.1 Å². The van der Waals surface area contributed by atoms with Crippen molar-refractivity contribution in [3.8, 4) is 0 Å². The Bertz CT molecular complexity index is 1020. The standard InChI is InChI=1S/C17H16FNS.C10H16N2O2/c1-3-12-20-16-7-5-4-6-15(16)17(19-2)13-8-10-14(18)11-9-13;1-2-5-9(13)12-8-6-3-4-7-11-10(8)14/h3-12H,1-2H3;2,8H,1,3-7H2,(H,11,14)(H,12,13)/b12-3+,19-17?;. The number of rotatable bonds is 7. The van der Waals surface area contributed by atoms with Crippen LogP contribution in [0.3, 0.4) is 0 Å². The van der Waals surface area contributed by atoms with Crippen LogP contribution >= 0.6 is 11.8 Å². The minimum Gasteiger partial charge on any atom is -0.354 e. The average molecular weight is 482 g/mol. The quantitative estimate of drug-likeness (QED) is 0.322. The molecule has 180 valence electrons. The molecule has 1 heterocycles. The number of halogens is 1. The summed E-state index contributed by atoms with van der Waals surface area (Å²) in [5.41, 5.74) is 2.85. The highest BCUT2D eigenvalue weighted by molar-refractivity contribution is 8.02. The smallest absolute Gasteiger partial charge is 0.242 e. The Morgan fingerprint density at radius 2 is 1.97 bits per heavy atom. The van der Waals surface area contributed by atoms with Crippen molar-refractivity contribution < 1.29 is 14.0 Å². The summed E-state index contributed by atoms with van der Waals surface area (Å²) in [5.74, 6) is -0.442. The molecule has 0 radical (unpaired) electrons. The van der Waals surface area contributed by atoms with Crippen molar-refractivity contribution in [2.45, 2.75) is 43.5 Å². The van der Waals surface area contributed by atoms with Gasteiger partial charge in [0.25, 0.3) is 0 Å². The molecule has 1 aliphatic rings. The van der Waals surface area contributed by atoms with Crippen LogP contribution in [0.25, 0.3) is 0 Å². The summed E-state index contributed by atoms with van der Waals surface area (Å²) in [5, 5.41) is 7.49. The van der Waals surface area contributed by atoms with Crippen molar-refractivity contribution in [2.75, 3.05) is 13.6 Å². The van der Waals surface area contributed by atoms with Crippen molar-refractivity contribution >= 4 is 29.3 Å². The third kappa shape index (κ3) is 8.63. The molecule has 1 aliphatic heterocycles. The molecule has 7 heteroatoms. The number of carbonyl (C=O) groups excluding carboxylic acids is 2. The fourth-order valence-electron chi connectivity index (χ4n) is 3.38. The molecule has 0 saturated carbocycles. The monoisotopic (exact) mass is 481 g/mol. The van der Waals surface area contributed by atoms with Gasteiger partial charge in [-0.05, 0) is 61.9 Å². The third-order valence-corrected chi connectivity index (χ3v) is 6.03. The summed E-state index contributed by atoms with van der Waals surface area (Å²) in [6.45, 7) is 6.18. The van der Waals surface area contributed by atoms with Crippen molar-refractivity contribution in [1.82, 2.24) is 10.6 Å². The van der Waals surface area contributed by atoms with Crippen molar-refractivity contribution in [3.63, 3.8) is 0 Å². The summed E-state index contributed by atoms with van der Waals surface area (Å²) in [6, 6.07) is 14.2. The Hall–Kier alpha value is -3.19. The van der Waals surface area contributed by atoms with Gasteiger partial charge in [0.05, 0.1) is 5.71 Å². The molecule has 2 N–H and O–H groups in total. The molecule has 0 aromatic heterocycles. The predicted octanol–water partition coefficient (Wildman–Crippen LogP) is 5.27. The van der Waals surface area contributed by atoms with Gasteiger partial charge in [0.15, 0.2) is 0 Å². The molecular weight excluding hydrogens is 449 g/mol. The van der Waals surface area contributed by atoms with Gasteiger partial charge in [0.2, 0.25) is 11.8 Å². The first-order valence-corrected chi connectivity index (χ1v) is 12.2. The lowest BCUT2D eigenvalue weighted by Crippen LogP contribution is -2.45. The average Bonchev–Trinajstić information content (AvgIpc) is 3.04. The van der Waals surface area contributed by atoms with E-state index >= 15 is 0 Å². The molecule has 1 unspecified atom stereocenters. The van der Waals surface area contributed by atoms with Gasteiger partial charge in [-0.3, -0.25) is 14.6 Å². The van der Waals surface area contributed by atoms with Crippen LogP contribution in [0, 0.1) is 5.82 Å². The van der Waals surface area contributed by atoms with E-state index in [0.717, 1.165) is 41.0 Å². The van der Waals surface area contributed by atoms with Crippen LogP contribution in [0.15, 0.2) is 82.6 Å². The van der Waals surface area contributed by atoms with E-state index in [-0.39, 0.29) is 30.1 Å². The number of hydrogen-bond acceptors (Lipinski definition) is 4. The van der Waals surface area contributed by atoms with E-state index in [1.807, 2.05) is 36.6 Å². The zero-order valence-corrected chi connectivity index (χ0v) is 20.5. The summed E-state index contributed by atoms with van der Waals surface area (Å²) < 4.78 is 13.0. The lowest BCUT2D eigenvalue weighted by molar-refractivity contribution is -0.128. The minimum absolute atomic E-state index is 0.0695. The van der Waals surface area contributed by atoms with Crippen LogP contribution < -0.4 is 10.6 Å². The molecule has 1 fully saturated rings. The van der Waals surface area contributed by atoms with Crippen LogP contribution in [-0.4, -0.2) is 37.2 Å². The van der Waals surface area contributed by atoms with Crippen LogP contribution in [-0.2, 0) is 9.59 Å². The molecule has 1 atom stereocenters. The number of amides is 2. The van der Waals surface area contributed by atoms with Gasteiger partial charge >= 0.3 is 0 Å². The fourth-order valence-corrected chi connectivity index (χ4v) is 4.11. The molecule has 0 aliphatic carbocycles. The number of hydrogen-bond donors (Lipinski definition) is 2. The number of allylic oxidation sites excluding steroid dienone is 1. The van der Waals surface area contributed by atoms with Gasteiger partial charge in [-0.15, -0.1) is 6.58 Å². The number of aliphatic imine (C=N–C) groups is 1. The molecule has 34 heavy (non-hydrogen) atoms. The Kier molecular flexibility index (Phi) is 11.8. The van der Waals surface area contributed by atoms with E-state index in [2.05, 4.69) is 28.3 Å². The van der Waals surface area contributed by atoms with E-state index < -0.39 is 0 Å². The maximum Gasteiger partial charge on any atom is 0.242 e. The number of nitrogens with zero attached hydrogens (tertiary/aromatic N) is 1. The molecule has 0 spiro atoms. The Labute approximate surface area is 205 Å². The second-order valence-corrected chi connectivity index (χ2v) is 8.51. The summed E-state index contributed by atoms with van der Waals surface area (Å²) in [7, 11) is 1.76. The number of carbonyl (C=O) groups is 2. The summed E-state index contributed by atoms with van der Waals surface area (Å²) in [6.07, 6.45) is 6.49. The minimum atomic E-state index is -0.357. The van der Waals surface area contributed by atoms with E-state index in [9.17, 15) is 14.0 Å². The summed E-state index contributed by atoms with van der Waals surface area (Å²) >= 11 is 1.65. The van der Waals surface area contributed by atoms with Crippen LogP contribution in [0.4, 0.5) is 4.39 Å². The van der Waals surface area contributed by atoms with Gasteiger partial charge in [-0.25, -0.2) is 4.39 Å². The van der Waals surface area contributed by atoms with E-state index in [1.54, 1.807) is 30.9 Å². The molecular formula is C27H32FN3O2S. The van der Waals surface area contributed by atoms with Gasteiger partial charge in [-0.2, -0.15) is 0 Å². The largest absolute Gasteiger partial charge is 0.354 e. The molecule has 2 amide bonds. The first-order valence-electron chi connectivity index (χ1n) is 11.3.